The molecule has 2 fully saturated rings. The van der Waals surface area contributed by atoms with Gasteiger partial charge in [0.1, 0.15) is 6.10 Å². The summed E-state index contributed by atoms with van der Waals surface area (Å²) in [4.78, 5) is 6.81. The fourth-order valence-corrected chi connectivity index (χ4v) is 4.00. The van der Waals surface area contributed by atoms with Crippen molar-refractivity contribution in [1.29, 1.82) is 0 Å². The van der Waals surface area contributed by atoms with Crippen LogP contribution in [-0.4, -0.2) is 56.8 Å². The molecule has 0 radical (unpaired) electrons. The summed E-state index contributed by atoms with van der Waals surface area (Å²) in [5.41, 5.74) is 1.49. The number of halogens is 2. The molecule has 1 aliphatic heterocycles. The van der Waals surface area contributed by atoms with E-state index in [1.807, 2.05) is 4.57 Å². The van der Waals surface area contributed by atoms with Crippen LogP contribution in [0.15, 0.2) is 12.1 Å². The summed E-state index contributed by atoms with van der Waals surface area (Å²) in [7, 11) is 0. The van der Waals surface area contributed by atoms with Gasteiger partial charge in [-0.05, 0) is 25.0 Å². The van der Waals surface area contributed by atoms with E-state index in [-0.39, 0.29) is 18.6 Å². The third-order valence-corrected chi connectivity index (χ3v) is 5.91. The monoisotopic (exact) mass is 371 g/mol. The Kier molecular flexibility index (Phi) is 4.13. The summed E-state index contributed by atoms with van der Waals surface area (Å²) in [5.74, 6) is 0.402. The number of benzene rings is 1. The highest BCUT2D eigenvalue weighted by Gasteiger charge is 2.44. The lowest BCUT2D eigenvalue weighted by molar-refractivity contribution is -0.00354. The quantitative estimate of drug-likeness (QED) is 0.766. The van der Waals surface area contributed by atoms with Gasteiger partial charge in [0.25, 0.3) is 0 Å². The molecule has 1 aromatic carbocycles. The molecule has 0 bridgehead atoms. The van der Waals surface area contributed by atoms with Crippen molar-refractivity contribution in [3.8, 4) is 0 Å². The van der Waals surface area contributed by atoms with Crippen LogP contribution in [0.1, 0.15) is 18.9 Å². The van der Waals surface area contributed by atoms with Crippen molar-refractivity contribution >= 4 is 40.2 Å². The van der Waals surface area contributed by atoms with Crippen molar-refractivity contribution in [1.82, 2.24) is 9.55 Å². The third kappa shape index (κ3) is 2.40. The molecule has 8 heteroatoms. The fraction of sp³-hybridized carbons (Fsp3) is 0.562. The van der Waals surface area contributed by atoms with Crippen molar-refractivity contribution in [3.63, 3.8) is 0 Å². The molecule has 2 heterocycles. The van der Waals surface area contributed by atoms with Crippen molar-refractivity contribution < 1.29 is 15.3 Å². The first-order valence-electron chi connectivity index (χ1n) is 8.10. The molecule has 6 nitrogen and oxygen atoms in total. The number of nitrogens with zero attached hydrogens (tertiary/aromatic N) is 3. The highest BCUT2D eigenvalue weighted by atomic mass is 35.5. The first-order valence-corrected chi connectivity index (χ1v) is 8.85. The van der Waals surface area contributed by atoms with Gasteiger partial charge in [0, 0.05) is 25.6 Å². The van der Waals surface area contributed by atoms with Crippen LogP contribution < -0.4 is 4.90 Å². The third-order valence-electron chi connectivity index (χ3n) is 5.19. The molecular formula is C16H19Cl2N3O3. The first kappa shape index (κ1) is 16.4. The number of imidazole rings is 1. The minimum Gasteiger partial charge on any atom is -0.396 e. The molecule has 4 atom stereocenters. The SMILES string of the molecule is OC[C@H]1C[C@@H](n2c(N3CCC3)nc3cc(Cl)c(Cl)cc32)[C@H](O)[C@@H]1O. The standard InChI is InChI=1S/C16H19Cl2N3O3/c17-9-5-11-12(6-10(9)18)21(16(19-11)20-2-1-3-20)13-4-8(7-22)14(23)15(13)24/h5-6,8,13-15,22-24H,1-4,7H2/t8-,13-,14-,15+/m1/s1. The van der Waals surface area contributed by atoms with E-state index in [1.54, 1.807) is 12.1 Å². The zero-order chi connectivity index (χ0) is 17.0. The Bertz CT molecular complexity index is 778. The normalized spacial score (nSPS) is 30.1. The molecule has 130 valence electrons. The van der Waals surface area contributed by atoms with E-state index in [2.05, 4.69) is 9.88 Å². The number of anilines is 1. The number of aliphatic hydroxyl groups excluding tert-OH is 3. The van der Waals surface area contributed by atoms with Gasteiger partial charge < -0.3 is 24.8 Å². The Morgan fingerprint density at radius 3 is 2.42 bits per heavy atom. The molecule has 2 aliphatic rings. The molecular weight excluding hydrogens is 353 g/mol. The van der Waals surface area contributed by atoms with Crippen LogP contribution in [0.3, 0.4) is 0 Å². The van der Waals surface area contributed by atoms with Crippen LogP contribution >= 0.6 is 23.2 Å². The predicted octanol–water partition coefficient (Wildman–Crippen LogP) is 1.83. The van der Waals surface area contributed by atoms with Crippen molar-refractivity contribution in [2.75, 3.05) is 24.6 Å². The number of aliphatic hydroxyl groups is 3. The van der Waals surface area contributed by atoms with Crippen molar-refractivity contribution in [3.05, 3.63) is 22.2 Å². The summed E-state index contributed by atoms with van der Waals surface area (Å²) in [6.45, 7) is 1.64. The number of hydrogen-bond donors (Lipinski definition) is 3. The van der Waals surface area contributed by atoms with Gasteiger partial charge in [-0.1, -0.05) is 23.2 Å². The van der Waals surface area contributed by atoms with Crippen molar-refractivity contribution in [2.24, 2.45) is 5.92 Å². The minimum atomic E-state index is -0.964. The average molecular weight is 372 g/mol. The van der Waals surface area contributed by atoms with Gasteiger partial charge in [-0.2, -0.15) is 0 Å². The summed E-state index contributed by atoms with van der Waals surface area (Å²) in [5, 5.41) is 31.0. The van der Waals surface area contributed by atoms with E-state index in [4.69, 9.17) is 23.2 Å². The minimum absolute atomic E-state index is 0.160. The van der Waals surface area contributed by atoms with Crippen LogP contribution in [0, 0.1) is 5.92 Å². The molecule has 0 unspecified atom stereocenters. The largest absolute Gasteiger partial charge is 0.396 e. The van der Waals surface area contributed by atoms with Gasteiger partial charge >= 0.3 is 0 Å². The molecule has 1 aromatic heterocycles. The second kappa shape index (κ2) is 6.04. The number of rotatable bonds is 3. The molecule has 24 heavy (non-hydrogen) atoms. The molecule has 1 aliphatic carbocycles. The zero-order valence-electron chi connectivity index (χ0n) is 12.9. The molecule has 1 saturated carbocycles. The second-order valence-electron chi connectivity index (χ2n) is 6.60. The Morgan fingerprint density at radius 1 is 1.12 bits per heavy atom. The summed E-state index contributed by atoms with van der Waals surface area (Å²) >= 11 is 12.3. The Labute approximate surface area is 149 Å². The van der Waals surface area contributed by atoms with Gasteiger partial charge in [-0.25, -0.2) is 4.98 Å². The predicted molar refractivity (Wildman–Crippen MR) is 92.8 cm³/mol. The van der Waals surface area contributed by atoms with Crippen LogP contribution in [0.2, 0.25) is 10.0 Å². The number of hydrogen-bond acceptors (Lipinski definition) is 5. The average Bonchev–Trinajstić information content (AvgIpc) is 2.97. The molecule has 2 aromatic rings. The van der Waals surface area contributed by atoms with Crippen molar-refractivity contribution in [2.45, 2.75) is 31.1 Å². The topological polar surface area (TPSA) is 81.8 Å². The van der Waals surface area contributed by atoms with E-state index < -0.39 is 12.2 Å². The van der Waals surface area contributed by atoms with Crippen LogP contribution in [0.25, 0.3) is 11.0 Å². The first-order chi connectivity index (χ1) is 11.5. The molecule has 0 amide bonds. The molecule has 0 spiro atoms. The van der Waals surface area contributed by atoms with Gasteiger partial charge in [0.05, 0.1) is 33.2 Å². The van der Waals surface area contributed by atoms with Gasteiger partial charge in [-0.15, -0.1) is 0 Å². The smallest absolute Gasteiger partial charge is 0.206 e. The Balaban J connectivity index is 1.87. The summed E-state index contributed by atoms with van der Waals surface area (Å²) in [6, 6.07) is 3.11. The lowest BCUT2D eigenvalue weighted by Crippen LogP contribution is -2.40. The second-order valence-corrected chi connectivity index (χ2v) is 7.42. The highest BCUT2D eigenvalue weighted by molar-refractivity contribution is 6.42. The Hall–Kier alpha value is -1.05. The number of aromatic nitrogens is 2. The maximum atomic E-state index is 10.5. The van der Waals surface area contributed by atoms with Gasteiger partial charge in [0.2, 0.25) is 5.95 Å². The Morgan fingerprint density at radius 2 is 1.83 bits per heavy atom. The number of fused-ring (bicyclic) bond motifs is 1. The molecule has 3 N–H and O–H groups in total. The molecule has 1 saturated heterocycles. The van der Waals surface area contributed by atoms with Crippen LogP contribution in [0.5, 0.6) is 0 Å². The van der Waals surface area contributed by atoms with Crippen LogP contribution in [-0.2, 0) is 0 Å². The van der Waals surface area contributed by atoms with E-state index in [0.29, 0.717) is 22.0 Å². The highest BCUT2D eigenvalue weighted by Crippen LogP contribution is 2.41. The maximum Gasteiger partial charge on any atom is 0.206 e. The lowest BCUT2D eigenvalue weighted by Gasteiger charge is -2.34. The van der Waals surface area contributed by atoms with E-state index >= 15 is 0 Å². The summed E-state index contributed by atoms with van der Waals surface area (Å²) in [6.07, 6.45) is -0.343. The zero-order valence-corrected chi connectivity index (χ0v) is 14.5. The summed E-state index contributed by atoms with van der Waals surface area (Å²) < 4.78 is 1.94. The molecule has 4 rings (SSSR count). The fourth-order valence-electron chi connectivity index (χ4n) is 3.68. The van der Waals surface area contributed by atoms with Gasteiger partial charge in [-0.3, -0.25) is 0 Å². The maximum absolute atomic E-state index is 10.5. The van der Waals surface area contributed by atoms with Crippen LogP contribution in [0.4, 0.5) is 5.95 Å². The van der Waals surface area contributed by atoms with E-state index in [0.717, 1.165) is 31.0 Å². The van der Waals surface area contributed by atoms with E-state index in [1.165, 1.54) is 0 Å². The lowest BCUT2D eigenvalue weighted by atomic mass is 10.1. The van der Waals surface area contributed by atoms with Gasteiger partial charge in [0.15, 0.2) is 0 Å². The van der Waals surface area contributed by atoms with E-state index in [9.17, 15) is 15.3 Å².